The molecule has 1 aliphatic rings. The molecule has 0 aromatic heterocycles. The van der Waals surface area contributed by atoms with E-state index < -0.39 is 11.9 Å². The lowest BCUT2D eigenvalue weighted by molar-refractivity contribution is -0.143. The van der Waals surface area contributed by atoms with Crippen LogP contribution >= 0.6 is 0 Å². The Kier molecular flexibility index (Phi) is 8.59. The molecule has 1 unspecified atom stereocenters. The predicted octanol–water partition coefficient (Wildman–Crippen LogP) is 4.60. The number of rotatable bonds is 9. The van der Waals surface area contributed by atoms with Gasteiger partial charge in [0, 0.05) is 12.6 Å². The molecule has 3 rings (SSSR count). The maximum atomic E-state index is 13.3. The summed E-state index contributed by atoms with van der Waals surface area (Å²) in [5, 5.41) is 3.10. The first-order valence-corrected chi connectivity index (χ1v) is 11.2. The summed E-state index contributed by atoms with van der Waals surface area (Å²) >= 11 is 0. The quantitative estimate of drug-likeness (QED) is 0.615. The Balaban J connectivity index is 1.73. The fourth-order valence-corrected chi connectivity index (χ4v) is 4.01. The smallest absolute Gasteiger partial charge is 0.261 e. The Morgan fingerprint density at radius 3 is 2.19 bits per heavy atom. The molecule has 0 bridgehead atoms. The van der Waals surface area contributed by atoms with Crippen molar-refractivity contribution in [3.05, 3.63) is 65.7 Å². The number of hydrogen-bond donors (Lipinski definition) is 1. The summed E-state index contributed by atoms with van der Waals surface area (Å²) < 4.78 is 32.0. The van der Waals surface area contributed by atoms with Gasteiger partial charge in [-0.05, 0) is 61.2 Å². The van der Waals surface area contributed by atoms with Crippen LogP contribution in [0.2, 0.25) is 0 Å². The second-order valence-corrected chi connectivity index (χ2v) is 8.16. The Hall–Kier alpha value is -2.96. The van der Waals surface area contributed by atoms with Crippen molar-refractivity contribution >= 4 is 11.8 Å². The van der Waals surface area contributed by atoms with Gasteiger partial charge >= 0.3 is 0 Å². The van der Waals surface area contributed by atoms with E-state index in [1.165, 1.54) is 47.7 Å². The van der Waals surface area contributed by atoms with E-state index in [0.29, 0.717) is 17.7 Å². The van der Waals surface area contributed by atoms with Crippen LogP contribution in [0.25, 0.3) is 0 Å². The number of carbonyl (C=O) groups is 2. The molecule has 0 spiro atoms. The predicted molar refractivity (Wildman–Crippen MR) is 118 cm³/mol. The van der Waals surface area contributed by atoms with Crippen LogP contribution < -0.4 is 10.1 Å². The van der Waals surface area contributed by atoms with Crippen LogP contribution in [-0.4, -0.2) is 35.4 Å². The summed E-state index contributed by atoms with van der Waals surface area (Å²) in [4.78, 5) is 27.7. The van der Waals surface area contributed by atoms with Gasteiger partial charge in [-0.15, -0.1) is 0 Å². The summed E-state index contributed by atoms with van der Waals surface area (Å²) in [7, 11) is 0. The van der Waals surface area contributed by atoms with Gasteiger partial charge in [0.25, 0.3) is 5.91 Å². The van der Waals surface area contributed by atoms with Gasteiger partial charge in [-0.2, -0.15) is 0 Å². The normalized spacial score (nSPS) is 15.1. The summed E-state index contributed by atoms with van der Waals surface area (Å²) in [6, 6.07) is 10.7. The number of amides is 2. The maximum absolute atomic E-state index is 13.3. The number of nitrogens with one attached hydrogen (secondary N) is 1. The average molecular weight is 445 g/mol. The maximum Gasteiger partial charge on any atom is 0.261 e. The van der Waals surface area contributed by atoms with Gasteiger partial charge < -0.3 is 15.0 Å². The average Bonchev–Trinajstić information content (AvgIpc) is 2.80. The molecule has 5 nitrogen and oxygen atoms in total. The highest BCUT2D eigenvalue weighted by Crippen LogP contribution is 2.19. The zero-order valence-electron chi connectivity index (χ0n) is 18.4. The zero-order chi connectivity index (χ0) is 22.9. The van der Waals surface area contributed by atoms with Crippen LogP contribution in [0.4, 0.5) is 8.78 Å². The van der Waals surface area contributed by atoms with E-state index in [-0.39, 0.29) is 36.8 Å². The number of ether oxygens (including phenoxy) is 1. The first kappa shape index (κ1) is 23.7. The van der Waals surface area contributed by atoms with Crippen LogP contribution in [0, 0.1) is 11.6 Å². The molecular formula is C25H30F2N2O3. The third kappa shape index (κ3) is 6.77. The molecule has 172 valence electrons. The lowest BCUT2D eigenvalue weighted by Crippen LogP contribution is -2.52. The summed E-state index contributed by atoms with van der Waals surface area (Å²) in [5.41, 5.74) is 0.713. The van der Waals surface area contributed by atoms with E-state index in [1.54, 1.807) is 12.1 Å². The van der Waals surface area contributed by atoms with Gasteiger partial charge in [-0.25, -0.2) is 8.78 Å². The lowest BCUT2D eigenvalue weighted by atomic mass is 9.95. The molecule has 0 saturated heterocycles. The monoisotopic (exact) mass is 444 g/mol. The number of hydrogen-bond acceptors (Lipinski definition) is 3. The van der Waals surface area contributed by atoms with Gasteiger partial charge in [-0.1, -0.05) is 38.3 Å². The van der Waals surface area contributed by atoms with E-state index in [4.69, 9.17) is 4.74 Å². The molecule has 32 heavy (non-hydrogen) atoms. The molecule has 1 aliphatic carbocycles. The molecule has 7 heteroatoms. The molecule has 0 radical (unpaired) electrons. The summed E-state index contributed by atoms with van der Waals surface area (Å²) in [6.45, 7) is 1.72. The Morgan fingerprint density at radius 2 is 1.59 bits per heavy atom. The van der Waals surface area contributed by atoms with Crippen LogP contribution in [0.3, 0.4) is 0 Å². The highest BCUT2D eigenvalue weighted by atomic mass is 19.1. The molecule has 1 fully saturated rings. The highest BCUT2D eigenvalue weighted by molar-refractivity contribution is 5.88. The minimum atomic E-state index is -0.675. The van der Waals surface area contributed by atoms with Crippen molar-refractivity contribution < 1.29 is 23.1 Å². The molecular weight excluding hydrogens is 414 g/mol. The molecule has 1 atom stereocenters. The van der Waals surface area contributed by atoms with Gasteiger partial charge in [0.2, 0.25) is 5.91 Å². The molecule has 0 aliphatic heterocycles. The second-order valence-electron chi connectivity index (χ2n) is 8.16. The number of carbonyl (C=O) groups excluding carboxylic acids is 2. The van der Waals surface area contributed by atoms with Crippen molar-refractivity contribution in [1.29, 1.82) is 0 Å². The van der Waals surface area contributed by atoms with Gasteiger partial charge in [-0.3, -0.25) is 9.59 Å². The van der Waals surface area contributed by atoms with E-state index >= 15 is 0 Å². The Labute approximate surface area is 187 Å². The van der Waals surface area contributed by atoms with E-state index in [1.807, 2.05) is 6.92 Å². The van der Waals surface area contributed by atoms with Crippen molar-refractivity contribution in [1.82, 2.24) is 10.2 Å². The number of benzene rings is 2. The van der Waals surface area contributed by atoms with Gasteiger partial charge in [0.15, 0.2) is 6.61 Å². The molecule has 1 saturated carbocycles. The Bertz CT molecular complexity index is 881. The van der Waals surface area contributed by atoms with Crippen LogP contribution in [0.5, 0.6) is 5.75 Å². The third-order valence-corrected chi connectivity index (χ3v) is 5.78. The second kappa shape index (κ2) is 11.6. The molecule has 2 aromatic rings. The molecule has 1 N–H and O–H groups in total. The van der Waals surface area contributed by atoms with Crippen molar-refractivity contribution in [2.45, 2.75) is 64.1 Å². The molecule has 2 amide bonds. The summed E-state index contributed by atoms with van der Waals surface area (Å²) in [5.74, 6) is -0.956. The van der Waals surface area contributed by atoms with E-state index in [0.717, 1.165) is 25.7 Å². The minimum Gasteiger partial charge on any atom is -0.484 e. The van der Waals surface area contributed by atoms with E-state index in [9.17, 15) is 18.4 Å². The standard InChI is InChI=1S/C25H30F2N2O3/c1-2-23(25(31)28-21-6-4-3-5-7-21)29(16-18-8-10-19(26)11-9-18)24(30)17-32-22-14-12-20(27)13-15-22/h8-15,21,23H,2-7,16-17H2,1H3,(H,28,31). The van der Waals surface area contributed by atoms with E-state index in [2.05, 4.69) is 5.32 Å². The van der Waals surface area contributed by atoms with Gasteiger partial charge in [0.1, 0.15) is 23.4 Å². The zero-order valence-corrected chi connectivity index (χ0v) is 18.4. The largest absolute Gasteiger partial charge is 0.484 e. The van der Waals surface area contributed by atoms with Crippen molar-refractivity contribution in [3.63, 3.8) is 0 Å². The first-order chi connectivity index (χ1) is 15.5. The highest BCUT2D eigenvalue weighted by Gasteiger charge is 2.30. The van der Waals surface area contributed by atoms with Crippen molar-refractivity contribution in [2.24, 2.45) is 0 Å². The number of nitrogens with zero attached hydrogens (tertiary/aromatic N) is 1. The number of halogens is 2. The summed E-state index contributed by atoms with van der Waals surface area (Å²) in [6.07, 6.45) is 5.68. The molecule has 0 heterocycles. The SMILES string of the molecule is CCC(C(=O)NC1CCCCC1)N(Cc1ccc(F)cc1)C(=O)COc1ccc(F)cc1. The molecule has 2 aromatic carbocycles. The fourth-order valence-electron chi connectivity index (χ4n) is 4.01. The van der Waals surface area contributed by atoms with Crippen molar-refractivity contribution in [3.8, 4) is 5.75 Å². The third-order valence-electron chi connectivity index (χ3n) is 5.78. The van der Waals surface area contributed by atoms with Crippen LogP contribution in [-0.2, 0) is 16.1 Å². The topological polar surface area (TPSA) is 58.6 Å². The fraction of sp³-hybridized carbons (Fsp3) is 0.440. The lowest BCUT2D eigenvalue weighted by Gasteiger charge is -2.32. The van der Waals surface area contributed by atoms with Crippen LogP contribution in [0.15, 0.2) is 48.5 Å². The first-order valence-electron chi connectivity index (χ1n) is 11.2. The Morgan fingerprint density at radius 1 is 1.00 bits per heavy atom. The van der Waals surface area contributed by atoms with Crippen molar-refractivity contribution in [2.75, 3.05) is 6.61 Å². The van der Waals surface area contributed by atoms with Gasteiger partial charge in [0.05, 0.1) is 0 Å². The van der Waals surface area contributed by atoms with Crippen LogP contribution in [0.1, 0.15) is 51.0 Å². The minimum absolute atomic E-state index is 0.128.